The van der Waals surface area contributed by atoms with Gasteiger partial charge in [-0.1, -0.05) is 48.5 Å². The van der Waals surface area contributed by atoms with E-state index < -0.39 is 0 Å². The second kappa shape index (κ2) is 9.61. The molecule has 5 heteroatoms. The number of nitrogens with one attached hydrogen (secondary N) is 2. The SMILES string of the molecule is CC(CCc1ccccc1)NC(=O)Nc1ccccc1CC(=O)N(C)C. The molecule has 0 heterocycles. The monoisotopic (exact) mass is 353 g/mol. The van der Waals surface area contributed by atoms with E-state index in [1.165, 1.54) is 5.56 Å². The van der Waals surface area contributed by atoms with Crippen LogP contribution in [-0.2, 0) is 17.6 Å². The van der Waals surface area contributed by atoms with E-state index >= 15 is 0 Å². The molecule has 138 valence electrons. The summed E-state index contributed by atoms with van der Waals surface area (Å²) in [7, 11) is 3.44. The predicted molar refractivity (Wildman–Crippen MR) is 105 cm³/mol. The van der Waals surface area contributed by atoms with E-state index in [-0.39, 0.29) is 24.4 Å². The number of benzene rings is 2. The summed E-state index contributed by atoms with van der Waals surface area (Å²) < 4.78 is 0. The van der Waals surface area contributed by atoms with E-state index in [2.05, 4.69) is 22.8 Å². The Kier molecular flexibility index (Phi) is 7.21. The zero-order valence-electron chi connectivity index (χ0n) is 15.7. The number of para-hydroxylation sites is 1. The summed E-state index contributed by atoms with van der Waals surface area (Å²) in [4.78, 5) is 25.8. The topological polar surface area (TPSA) is 61.4 Å². The summed E-state index contributed by atoms with van der Waals surface area (Å²) in [5.41, 5.74) is 2.72. The minimum Gasteiger partial charge on any atom is -0.349 e. The van der Waals surface area contributed by atoms with Crippen LogP contribution in [0.15, 0.2) is 54.6 Å². The minimum atomic E-state index is -0.254. The van der Waals surface area contributed by atoms with Crippen molar-refractivity contribution in [1.82, 2.24) is 10.2 Å². The zero-order chi connectivity index (χ0) is 18.9. The third-order valence-electron chi connectivity index (χ3n) is 4.19. The molecule has 0 saturated carbocycles. The van der Waals surface area contributed by atoms with Crippen molar-refractivity contribution in [3.63, 3.8) is 0 Å². The highest BCUT2D eigenvalue weighted by Crippen LogP contribution is 2.16. The van der Waals surface area contributed by atoms with Crippen molar-refractivity contribution in [2.75, 3.05) is 19.4 Å². The van der Waals surface area contributed by atoms with Crippen LogP contribution in [0.3, 0.4) is 0 Å². The van der Waals surface area contributed by atoms with E-state index in [1.807, 2.05) is 49.4 Å². The first-order valence-electron chi connectivity index (χ1n) is 8.85. The number of hydrogen-bond donors (Lipinski definition) is 2. The number of carbonyl (C=O) groups is 2. The Morgan fingerprint density at radius 1 is 1.00 bits per heavy atom. The van der Waals surface area contributed by atoms with E-state index in [0.29, 0.717) is 5.69 Å². The molecule has 0 aromatic heterocycles. The molecule has 0 aliphatic carbocycles. The fourth-order valence-corrected chi connectivity index (χ4v) is 2.60. The molecule has 0 aliphatic rings. The lowest BCUT2D eigenvalue weighted by molar-refractivity contribution is -0.127. The highest BCUT2D eigenvalue weighted by molar-refractivity contribution is 5.91. The summed E-state index contributed by atoms with van der Waals surface area (Å²) >= 11 is 0. The quantitative estimate of drug-likeness (QED) is 0.801. The summed E-state index contributed by atoms with van der Waals surface area (Å²) in [6, 6.07) is 17.4. The lowest BCUT2D eigenvalue weighted by Crippen LogP contribution is -2.36. The van der Waals surface area contributed by atoms with E-state index in [0.717, 1.165) is 18.4 Å². The van der Waals surface area contributed by atoms with Gasteiger partial charge in [0.2, 0.25) is 5.91 Å². The Morgan fingerprint density at radius 2 is 1.65 bits per heavy atom. The third-order valence-corrected chi connectivity index (χ3v) is 4.19. The smallest absolute Gasteiger partial charge is 0.319 e. The number of anilines is 1. The van der Waals surface area contributed by atoms with Crippen molar-refractivity contribution in [2.45, 2.75) is 32.2 Å². The van der Waals surface area contributed by atoms with Crippen LogP contribution in [-0.4, -0.2) is 37.0 Å². The van der Waals surface area contributed by atoms with Crippen LogP contribution < -0.4 is 10.6 Å². The van der Waals surface area contributed by atoms with Crippen LogP contribution in [0.4, 0.5) is 10.5 Å². The molecule has 1 atom stereocenters. The third kappa shape index (κ3) is 6.24. The first-order chi connectivity index (χ1) is 12.5. The Balaban J connectivity index is 1.88. The summed E-state index contributed by atoms with van der Waals surface area (Å²) in [5, 5.41) is 5.82. The molecule has 2 aromatic rings. The Labute approximate surface area is 155 Å². The first-order valence-corrected chi connectivity index (χ1v) is 8.85. The van der Waals surface area contributed by atoms with Gasteiger partial charge in [-0.2, -0.15) is 0 Å². The molecule has 26 heavy (non-hydrogen) atoms. The first kappa shape index (κ1) is 19.5. The number of likely N-dealkylation sites (N-methyl/N-ethyl adjacent to an activating group) is 1. The van der Waals surface area contributed by atoms with Gasteiger partial charge in [-0.15, -0.1) is 0 Å². The van der Waals surface area contributed by atoms with Crippen LogP contribution in [0.25, 0.3) is 0 Å². The zero-order valence-corrected chi connectivity index (χ0v) is 15.7. The number of urea groups is 1. The molecule has 0 spiro atoms. The van der Waals surface area contributed by atoms with Crippen LogP contribution in [0.1, 0.15) is 24.5 Å². The van der Waals surface area contributed by atoms with E-state index in [9.17, 15) is 9.59 Å². The average molecular weight is 353 g/mol. The maximum Gasteiger partial charge on any atom is 0.319 e. The van der Waals surface area contributed by atoms with Gasteiger partial charge in [0, 0.05) is 25.8 Å². The van der Waals surface area contributed by atoms with Gasteiger partial charge in [-0.25, -0.2) is 4.79 Å². The minimum absolute atomic E-state index is 0.00381. The fourth-order valence-electron chi connectivity index (χ4n) is 2.60. The van der Waals surface area contributed by atoms with Crippen LogP contribution in [0.2, 0.25) is 0 Å². The van der Waals surface area contributed by atoms with Crippen LogP contribution in [0.5, 0.6) is 0 Å². The highest BCUT2D eigenvalue weighted by Gasteiger charge is 2.12. The maximum atomic E-state index is 12.3. The van der Waals surface area contributed by atoms with Gasteiger partial charge < -0.3 is 15.5 Å². The van der Waals surface area contributed by atoms with Gasteiger partial charge in [0.15, 0.2) is 0 Å². The van der Waals surface area contributed by atoms with Crippen molar-refractivity contribution >= 4 is 17.6 Å². The Morgan fingerprint density at radius 3 is 2.35 bits per heavy atom. The number of rotatable bonds is 7. The maximum absolute atomic E-state index is 12.3. The van der Waals surface area contributed by atoms with Gasteiger partial charge >= 0.3 is 6.03 Å². The molecular formula is C21H27N3O2. The summed E-state index contributed by atoms with van der Waals surface area (Å²) in [6.07, 6.45) is 2.03. The predicted octanol–water partition coefficient (Wildman–Crippen LogP) is 3.46. The summed E-state index contributed by atoms with van der Waals surface area (Å²) in [5.74, 6) is -0.00381. The van der Waals surface area contributed by atoms with Gasteiger partial charge in [0.25, 0.3) is 0 Å². The molecule has 2 rings (SSSR count). The second-order valence-corrected chi connectivity index (χ2v) is 6.65. The Hall–Kier alpha value is -2.82. The molecule has 5 nitrogen and oxygen atoms in total. The molecule has 3 amide bonds. The number of hydrogen-bond acceptors (Lipinski definition) is 2. The molecule has 2 aromatic carbocycles. The van der Waals surface area contributed by atoms with Crippen molar-refractivity contribution in [2.24, 2.45) is 0 Å². The van der Waals surface area contributed by atoms with Crippen molar-refractivity contribution in [3.8, 4) is 0 Å². The highest BCUT2D eigenvalue weighted by atomic mass is 16.2. The fraction of sp³-hybridized carbons (Fsp3) is 0.333. The lowest BCUT2D eigenvalue weighted by atomic mass is 10.1. The van der Waals surface area contributed by atoms with Crippen LogP contribution >= 0.6 is 0 Å². The molecule has 1 unspecified atom stereocenters. The summed E-state index contributed by atoms with van der Waals surface area (Å²) in [6.45, 7) is 1.99. The number of carbonyl (C=O) groups excluding carboxylic acids is 2. The van der Waals surface area contributed by atoms with Crippen LogP contribution in [0, 0.1) is 0 Å². The number of aryl methyl sites for hydroxylation is 1. The van der Waals surface area contributed by atoms with E-state index in [4.69, 9.17) is 0 Å². The molecule has 2 N–H and O–H groups in total. The number of nitrogens with zero attached hydrogens (tertiary/aromatic N) is 1. The molecule has 0 saturated heterocycles. The Bertz CT molecular complexity index is 729. The lowest BCUT2D eigenvalue weighted by Gasteiger charge is -2.17. The van der Waals surface area contributed by atoms with Crippen molar-refractivity contribution in [3.05, 3.63) is 65.7 Å². The van der Waals surface area contributed by atoms with Gasteiger partial charge in [0.05, 0.1) is 6.42 Å². The van der Waals surface area contributed by atoms with Gasteiger partial charge in [-0.3, -0.25) is 4.79 Å². The van der Waals surface area contributed by atoms with Gasteiger partial charge in [-0.05, 0) is 37.0 Å². The van der Waals surface area contributed by atoms with Crippen molar-refractivity contribution in [1.29, 1.82) is 0 Å². The van der Waals surface area contributed by atoms with E-state index in [1.54, 1.807) is 19.0 Å². The molecule has 0 aliphatic heterocycles. The molecule has 0 fully saturated rings. The standard InChI is InChI=1S/C21H27N3O2/c1-16(13-14-17-9-5-4-6-10-17)22-21(26)23-19-12-8-7-11-18(19)15-20(25)24(2)3/h4-12,16H,13-15H2,1-3H3,(H2,22,23,26). The second-order valence-electron chi connectivity index (χ2n) is 6.65. The van der Waals surface area contributed by atoms with Crippen molar-refractivity contribution < 1.29 is 9.59 Å². The average Bonchev–Trinajstić information content (AvgIpc) is 2.62. The normalized spacial score (nSPS) is 11.5. The molecular weight excluding hydrogens is 326 g/mol. The van der Waals surface area contributed by atoms with Gasteiger partial charge in [0.1, 0.15) is 0 Å². The molecule has 0 bridgehead atoms. The number of amides is 3. The largest absolute Gasteiger partial charge is 0.349 e. The molecule has 0 radical (unpaired) electrons.